The van der Waals surface area contributed by atoms with E-state index < -0.39 is 0 Å². The Hall–Kier alpha value is -1.71. The van der Waals surface area contributed by atoms with Gasteiger partial charge in [-0.2, -0.15) is 0 Å². The van der Waals surface area contributed by atoms with Crippen molar-refractivity contribution in [2.75, 3.05) is 23.3 Å². The van der Waals surface area contributed by atoms with Gasteiger partial charge in [0.05, 0.1) is 0 Å². The molecule has 1 aliphatic carbocycles. The summed E-state index contributed by atoms with van der Waals surface area (Å²) in [6.07, 6.45) is 8.25. The van der Waals surface area contributed by atoms with Crippen molar-refractivity contribution in [1.29, 1.82) is 0 Å². The molecular formula is C19H31N3O. The van der Waals surface area contributed by atoms with E-state index in [1.807, 2.05) is 12.1 Å². The molecule has 4 heteroatoms. The molecule has 4 nitrogen and oxygen atoms in total. The molecule has 0 radical (unpaired) electrons. The quantitative estimate of drug-likeness (QED) is 0.761. The van der Waals surface area contributed by atoms with E-state index in [1.165, 1.54) is 24.9 Å². The first-order valence-corrected chi connectivity index (χ1v) is 9.15. The second-order valence-electron chi connectivity index (χ2n) is 6.47. The summed E-state index contributed by atoms with van der Waals surface area (Å²) >= 11 is 0. The van der Waals surface area contributed by atoms with Crippen molar-refractivity contribution in [2.45, 2.75) is 64.8 Å². The summed E-state index contributed by atoms with van der Waals surface area (Å²) in [5, 5.41) is 6.04. The van der Waals surface area contributed by atoms with Crippen molar-refractivity contribution in [3.05, 3.63) is 24.3 Å². The number of benzene rings is 1. The summed E-state index contributed by atoms with van der Waals surface area (Å²) in [6.45, 7) is 6.55. The van der Waals surface area contributed by atoms with Crippen LogP contribution in [0.4, 0.5) is 16.2 Å². The van der Waals surface area contributed by atoms with Crippen LogP contribution in [0.1, 0.15) is 58.8 Å². The Morgan fingerprint density at radius 1 is 1.04 bits per heavy atom. The summed E-state index contributed by atoms with van der Waals surface area (Å²) in [5.74, 6) is 0. The molecule has 2 amide bonds. The molecule has 1 aromatic carbocycles. The van der Waals surface area contributed by atoms with Gasteiger partial charge in [0.15, 0.2) is 0 Å². The third kappa shape index (κ3) is 5.77. The fourth-order valence-corrected chi connectivity index (χ4v) is 3.26. The van der Waals surface area contributed by atoms with E-state index in [0.717, 1.165) is 44.5 Å². The molecule has 128 valence electrons. The highest BCUT2D eigenvalue weighted by atomic mass is 16.2. The lowest BCUT2D eigenvalue weighted by Gasteiger charge is -2.24. The van der Waals surface area contributed by atoms with Crippen molar-refractivity contribution < 1.29 is 4.79 Å². The summed E-state index contributed by atoms with van der Waals surface area (Å²) in [6, 6.07) is 8.45. The molecule has 23 heavy (non-hydrogen) atoms. The molecule has 0 aliphatic heterocycles. The van der Waals surface area contributed by atoms with Crippen molar-refractivity contribution in [2.24, 2.45) is 0 Å². The summed E-state index contributed by atoms with van der Waals surface area (Å²) < 4.78 is 0. The van der Waals surface area contributed by atoms with E-state index in [-0.39, 0.29) is 6.03 Å². The lowest BCUT2D eigenvalue weighted by atomic mass is 9.96. The van der Waals surface area contributed by atoms with Gasteiger partial charge < -0.3 is 15.5 Å². The van der Waals surface area contributed by atoms with Gasteiger partial charge in [0.25, 0.3) is 0 Å². The molecule has 1 fully saturated rings. The molecular weight excluding hydrogens is 286 g/mol. The van der Waals surface area contributed by atoms with Gasteiger partial charge in [0, 0.05) is 30.5 Å². The highest BCUT2D eigenvalue weighted by Crippen LogP contribution is 2.20. The molecule has 2 N–H and O–H groups in total. The number of nitrogens with zero attached hydrogens (tertiary/aromatic N) is 1. The Labute approximate surface area is 140 Å². The van der Waals surface area contributed by atoms with Crippen LogP contribution in [0, 0.1) is 0 Å². The van der Waals surface area contributed by atoms with Crippen molar-refractivity contribution in [3.63, 3.8) is 0 Å². The van der Waals surface area contributed by atoms with Crippen LogP contribution < -0.4 is 15.5 Å². The van der Waals surface area contributed by atoms with Gasteiger partial charge in [-0.05, 0) is 49.9 Å². The first-order valence-electron chi connectivity index (χ1n) is 9.15. The van der Waals surface area contributed by atoms with Crippen LogP contribution in [0.5, 0.6) is 0 Å². The molecule has 0 saturated heterocycles. The van der Waals surface area contributed by atoms with E-state index in [1.54, 1.807) is 0 Å². The molecule has 0 bridgehead atoms. The van der Waals surface area contributed by atoms with Gasteiger partial charge in [0.2, 0.25) is 0 Å². The molecule has 0 atom stereocenters. The SMILES string of the molecule is CCCN(CCC)c1ccc(NC(=O)NC2CCCCC2)cc1. The number of carbonyl (C=O) groups is 1. The zero-order valence-corrected chi connectivity index (χ0v) is 14.6. The Morgan fingerprint density at radius 3 is 2.22 bits per heavy atom. The van der Waals surface area contributed by atoms with Crippen LogP contribution in [-0.4, -0.2) is 25.2 Å². The highest BCUT2D eigenvalue weighted by Gasteiger charge is 2.15. The zero-order valence-electron chi connectivity index (χ0n) is 14.6. The minimum Gasteiger partial charge on any atom is -0.372 e. The predicted octanol–water partition coefficient (Wildman–Crippen LogP) is 4.77. The smallest absolute Gasteiger partial charge is 0.319 e. The van der Waals surface area contributed by atoms with E-state index in [0.29, 0.717) is 6.04 Å². The lowest BCUT2D eigenvalue weighted by Crippen LogP contribution is -2.39. The van der Waals surface area contributed by atoms with Crippen LogP contribution in [0.2, 0.25) is 0 Å². The summed E-state index contributed by atoms with van der Waals surface area (Å²) in [5.41, 5.74) is 2.09. The maximum absolute atomic E-state index is 12.1. The second-order valence-corrected chi connectivity index (χ2v) is 6.47. The zero-order chi connectivity index (χ0) is 16.5. The first-order chi connectivity index (χ1) is 11.2. The topological polar surface area (TPSA) is 44.4 Å². The van der Waals surface area contributed by atoms with Gasteiger partial charge in [0.1, 0.15) is 0 Å². The van der Waals surface area contributed by atoms with Crippen LogP contribution in [-0.2, 0) is 0 Å². The van der Waals surface area contributed by atoms with Gasteiger partial charge in [-0.3, -0.25) is 0 Å². The van der Waals surface area contributed by atoms with Gasteiger partial charge in [-0.1, -0.05) is 33.1 Å². The van der Waals surface area contributed by atoms with Crippen molar-refractivity contribution >= 4 is 17.4 Å². The van der Waals surface area contributed by atoms with Crippen molar-refractivity contribution in [3.8, 4) is 0 Å². The maximum Gasteiger partial charge on any atom is 0.319 e. The Kier molecular flexibility index (Phi) is 7.24. The molecule has 0 unspecified atom stereocenters. The number of urea groups is 1. The second kappa shape index (κ2) is 9.43. The average Bonchev–Trinajstić information content (AvgIpc) is 2.56. The summed E-state index contributed by atoms with van der Waals surface area (Å²) in [7, 11) is 0. The minimum atomic E-state index is -0.0800. The number of rotatable bonds is 7. The number of amides is 2. The highest BCUT2D eigenvalue weighted by molar-refractivity contribution is 5.89. The lowest BCUT2D eigenvalue weighted by molar-refractivity contribution is 0.244. The van der Waals surface area contributed by atoms with E-state index >= 15 is 0 Å². The summed E-state index contributed by atoms with van der Waals surface area (Å²) in [4.78, 5) is 14.5. The molecule has 1 aromatic rings. The Morgan fingerprint density at radius 2 is 1.65 bits per heavy atom. The van der Waals surface area contributed by atoms with E-state index in [9.17, 15) is 4.79 Å². The third-order valence-electron chi connectivity index (χ3n) is 4.42. The number of carbonyl (C=O) groups excluding carboxylic acids is 1. The van der Waals surface area contributed by atoms with Crippen LogP contribution in [0.15, 0.2) is 24.3 Å². The van der Waals surface area contributed by atoms with Crippen LogP contribution in [0.25, 0.3) is 0 Å². The number of hydrogen-bond donors (Lipinski definition) is 2. The van der Waals surface area contributed by atoms with Crippen LogP contribution >= 0.6 is 0 Å². The van der Waals surface area contributed by atoms with Crippen molar-refractivity contribution in [1.82, 2.24) is 5.32 Å². The first kappa shape index (κ1) is 17.6. The fourth-order valence-electron chi connectivity index (χ4n) is 3.26. The standard InChI is InChI=1S/C19H31N3O/c1-3-14-22(15-4-2)18-12-10-17(11-13-18)21-19(23)20-16-8-6-5-7-9-16/h10-13,16H,3-9,14-15H2,1-2H3,(H2,20,21,23). The average molecular weight is 317 g/mol. The molecule has 0 aromatic heterocycles. The van der Waals surface area contributed by atoms with Gasteiger partial charge in [-0.25, -0.2) is 4.79 Å². The molecule has 1 saturated carbocycles. The largest absolute Gasteiger partial charge is 0.372 e. The Bertz CT molecular complexity index is 460. The van der Waals surface area contributed by atoms with E-state index in [4.69, 9.17) is 0 Å². The molecule has 0 spiro atoms. The molecule has 1 aliphatic rings. The Balaban J connectivity index is 1.86. The van der Waals surface area contributed by atoms with Gasteiger partial charge >= 0.3 is 6.03 Å². The number of nitrogens with one attached hydrogen (secondary N) is 2. The number of hydrogen-bond acceptors (Lipinski definition) is 2. The van der Waals surface area contributed by atoms with E-state index in [2.05, 4.69) is 41.5 Å². The predicted molar refractivity (Wildman–Crippen MR) is 98.3 cm³/mol. The third-order valence-corrected chi connectivity index (χ3v) is 4.42. The maximum atomic E-state index is 12.1. The van der Waals surface area contributed by atoms with Gasteiger partial charge in [-0.15, -0.1) is 0 Å². The molecule has 2 rings (SSSR count). The normalized spacial score (nSPS) is 15.2. The number of anilines is 2. The minimum absolute atomic E-state index is 0.0800. The monoisotopic (exact) mass is 317 g/mol. The van der Waals surface area contributed by atoms with Crippen LogP contribution in [0.3, 0.4) is 0 Å². The fraction of sp³-hybridized carbons (Fsp3) is 0.632. The molecule has 0 heterocycles.